The lowest BCUT2D eigenvalue weighted by Crippen LogP contribution is -2.51. The molecule has 2 aromatic rings. The highest BCUT2D eigenvalue weighted by molar-refractivity contribution is 6.30. The van der Waals surface area contributed by atoms with Crippen molar-refractivity contribution in [1.82, 2.24) is 15.5 Å². The third kappa shape index (κ3) is 4.09. The molecule has 148 valence electrons. The van der Waals surface area contributed by atoms with Crippen LogP contribution >= 0.6 is 11.6 Å². The van der Waals surface area contributed by atoms with E-state index in [0.717, 1.165) is 36.3 Å². The monoisotopic (exact) mass is 402 g/mol. The second-order valence-corrected chi connectivity index (χ2v) is 7.56. The quantitative estimate of drug-likeness (QED) is 0.826. The number of piperidine rings is 1. The highest BCUT2D eigenvalue weighted by Crippen LogP contribution is 2.30. The molecule has 8 heteroatoms. The van der Waals surface area contributed by atoms with Crippen LogP contribution in [0.1, 0.15) is 24.2 Å². The maximum Gasteiger partial charge on any atom is 0.322 e. The summed E-state index contributed by atoms with van der Waals surface area (Å²) in [5.41, 5.74) is 2.03. The number of carbonyl (C=O) groups excluding carboxylic acids is 2. The molecule has 0 bridgehead atoms. The Morgan fingerprint density at radius 1 is 1.14 bits per heavy atom. The number of benzene rings is 1. The smallest absolute Gasteiger partial charge is 0.322 e. The standard InChI is InChI=1S/C20H23ClN4O3/c21-15-3-4-18-14(12-15)5-10-25(18)20(27)23-16-6-8-24(9-7-16)19(26)22-13-17-2-1-11-28-17/h1-4,11-12,16H,5-10,13H2,(H,22,26)(H,23,27). The SMILES string of the molecule is O=C(NCc1ccco1)N1CCC(NC(=O)N2CCc3cc(Cl)ccc32)CC1. The summed E-state index contributed by atoms with van der Waals surface area (Å²) in [7, 11) is 0. The second kappa shape index (κ2) is 8.14. The molecule has 0 spiro atoms. The average molecular weight is 403 g/mol. The van der Waals surface area contributed by atoms with Gasteiger partial charge in [-0.2, -0.15) is 0 Å². The predicted molar refractivity (Wildman–Crippen MR) is 107 cm³/mol. The first-order valence-corrected chi connectivity index (χ1v) is 9.89. The van der Waals surface area contributed by atoms with Crippen molar-refractivity contribution in [2.75, 3.05) is 24.5 Å². The molecule has 1 aromatic carbocycles. The average Bonchev–Trinajstić information content (AvgIpc) is 3.36. The number of hydrogen-bond acceptors (Lipinski definition) is 3. The molecule has 2 aliphatic heterocycles. The number of nitrogens with one attached hydrogen (secondary N) is 2. The number of carbonyl (C=O) groups is 2. The van der Waals surface area contributed by atoms with Crippen molar-refractivity contribution in [3.63, 3.8) is 0 Å². The first kappa shape index (κ1) is 18.7. The molecule has 4 rings (SSSR count). The van der Waals surface area contributed by atoms with Crippen molar-refractivity contribution in [1.29, 1.82) is 0 Å². The summed E-state index contributed by atoms with van der Waals surface area (Å²) in [6, 6.07) is 9.13. The number of furan rings is 1. The van der Waals surface area contributed by atoms with Gasteiger partial charge in [0.25, 0.3) is 0 Å². The predicted octanol–water partition coefficient (Wildman–Crippen LogP) is 3.38. The molecular weight excluding hydrogens is 380 g/mol. The lowest BCUT2D eigenvalue weighted by atomic mass is 10.1. The van der Waals surface area contributed by atoms with E-state index >= 15 is 0 Å². The summed E-state index contributed by atoms with van der Waals surface area (Å²) in [6.45, 7) is 2.26. The van der Waals surface area contributed by atoms with E-state index in [1.807, 2.05) is 24.3 Å². The molecule has 0 atom stereocenters. The zero-order valence-corrected chi connectivity index (χ0v) is 16.2. The Hall–Kier alpha value is -2.67. The van der Waals surface area contributed by atoms with Gasteiger partial charge in [-0.25, -0.2) is 9.59 Å². The van der Waals surface area contributed by atoms with Crippen LogP contribution in [0.2, 0.25) is 5.02 Å². The third-order valence-corrected chi connectivity index (χ3v) is 5.52. The van der Waals surface area contributed by atoms with Crippen molar-refractivity contribution >= 4 is 29.4 Å². The van der Waals surface area contributed by atoms with E-state index in [9.17, 15) is 9.59 Å². The fourth-order valence-electron chi connectivity index (χ4n) is 3.75. The molecule has 3 heterocycles. The molecule has 1 saturated heterocycles. The molecule has 2 N–H and O–H groups in total. The van der Waals surface area contributed by atoms with Crippen molar-refractivity contribution in [3.8, 4) is 0 Å². The van der Waals surface area contributed by atoms with Crippen LogP contribution in [-0.2, 0) is 13.0 Å². The molecule has 1 fully saturated rings. The summed E-state index contributed by atoms with van der Waals surface area (Å²) in [5, 5.41) is 6.66. The molecule has 0 aliphatic carbocycles. The van der Waals surface area contributed by atoms with Gasteiger partial charge in [0.05, 0.1) is 12.8 Å². The Morgan fingerprint density at radius 3 is 2.71 bits per heavy atom. The fourth-order valence-corrected chi connectivity index (χ4v) is 3.94. The minimum absolute atomic E-state index is 0.0676. The molecule has 0 unspecified atom stereocenters. The normalized spacial score (nSPS) is 16.8. The van der Waals surface area contributed by atoms with Gasteiger partial charge in [-0.3, -0.25) is 4.90 Å². The largest absolute Gasteiger partial charge is 0.467 e. The number of halogens is 1. The minimum atomic E-state index is -0.105. The van der Waals surface area contributed by atoms with E-state index in [1.165, 1.54) is 0 Å². The van der Waals surface area contributed by atoms with Gasteiger partial charge >= 0.3 is 12.1 Å². The van der Waals surface area contributed by atoms with E-state index in [0.29, 0.717) is 31.2 Å². The van der Waals surface area contributed by atoms with Gasteiger partial charge in [0.2, 0.25) is 0 Å². The molecular formula is C20H23ClN4O3. The second-order valence-electron chi connectivity index (χ2n) is 7.12. The van der Waals surface area contributed by atoms with Crippen molar-refractivity contribution < 1.29 is 14.0 Å². The van der Waals surface area contributed by atoms with E-state index in [2.05, 4.69) is 10.6 Å². The number of urea groups is 2. The molecule has 1 aromatic heterocycles. The van der Waals surface area contributed by atoms with Crippen LogP contribution in [0.5, 0.6) is 0 Å². The first-order valence-electron chi connectivity index (χ1n) is 9.52. The number of hydrogen-bond donors (Lipinski definition) is 2. The van der Waals surface area contributed by atoms with Crippen LogP contribution in [0, 0.1) is 0 Å². The van der Waals surface area contributed by atoms with Crippen LogP contribution in [0.25, 0.3) is 0 Å². The van der Waals surface area contributed by atoms with Gasteiger partial charge < -0.3 is 20.0 Å². The molecule has 7 nitrogen and oxygen atoms in total. The van der Waals surface area contributed by atoms with Crippen LogP contribution < -0.4 is 15.5 Å². The number of fused-ring (bicyclic) bond motifs is 1. The maximum absolute atomic E-state index is 12.7. The molecule has 0 saturated carbocycles. The molecule has 4 amide bonds. The number of rotatable bonds is 3. The highest BCUT2D eigenvalue weighted by atomic mass is 35.5. The Labute approximate surface area is 168 Å². The van der Waals surface area contributed by atoms with E-state index in [-0.39, 0.29) is 18.1 Å². The van der Waals surface area contributed by atoms with Gasteiger partial charge in [-0.1, -0.05) is 11.6 Å². The van der Waals surface area contributed by atoms with E-state index in [1.54, 1.807) is 22.1 Å². The van der Waals surface area contributed by atoms with Crippen LogP contribution in [0.15, 0.2) is 41.0 Å². The summed E-state index contributed by atoms with van der Waals surface area (Å²) in [6.07, 6.45) is 3.88. The zero-order valence-electron chi connectivity index (χ0n) is 15.5. The summed E-state index contributed by atoms with van der Waals surface area (Å²) >= 11 is 6.04. The number of nitrogens with zero attached hydrogens (tertiary/aromatic N) is 2. The molecule has 0 radical (unpaired) electrons. The topological polar surface area (TPSA) is 77.8 Å². The van der Waals surface area contributed by atoms with Crippen LogP contribution in [-0.4, -0.2) is 42.6 Å². The van der Waals surface area contributed by atoms with Gasteiger partial charge in [0.15, 0.2) is 0 Å². The van der Waals surface area contributed by atoms with Gasteiger partial charge in [-0.05, 0) is 55.2 Å². The molecule has 28 heavy (non-hydrogen) atoms. The fraction of sp³-hybridized carbons (Fsp3) is 0.400. The van der Waals surface area contributed by atoms with E-state index < -0.39 is 0 Å². The minimum Gasteiger partial charge on any atom is -0.467 e. The van der Waals surface area contributed by atoms with Crippen molar-refractivity contribution in [3.05, 3.63) is 52.9 Å². The Kier molecular flexibility index (Phi) is 5.43. The van der Waals surface area contributed by atoms with Crippen molar-refractivity contribution in [2.45, 2.75) is 31.8 Å². The summed E-state index contributed by atoms with van der Waals surface area (Å²) < 4.78 is 5.22. The van der Waals surface area contributed by atoms with Crippen LogP contribution in [0.4, 0.5) is 15.3 Å². The lowest BCUT2D eigenvalue weighted by molar-refractivity contribution is 0.175. The lowest BCUT2D eigenvalue weighted by Gasteiger charge is -2.33. The zero-order chi connectivity index (χ0) is 19.5. The van der Waals surface area contributed by atoms with Gasteiger partial charge in [0.1, 0.15) is 5.76 Å². The number of amides is 4. The van der Waals surface area contributed by atoms with Gasteiger partial charge in [0, 0.05) is 36.4 Å². The Morgan fingerprint density at radius 2 is 1.96 bits per heavy atom. The van der Waals surface area contributed by atoms with E-state index in [4.69, 9.17) is 16.0 Å². The molecule has 2 aliphatic rings. The van der Waals surface area contributed by atoms with Crippen molar-refractivity contribution in [2.24, 2.45) is 0 Å². The summed E-state index contributed by atoms with van der Waals surface area (Å²) in [5.74, 6) is 0.725. The maximum atomic E-state index is 12.7. The third-order valence-electron chi connectivity index (χ3n) is 5.29. The Bertz CT molecular complexity index is 847. The Balaban J connectivity index is 1.24. The highest BCUT2D eigenvalue weighted by Gasteiger charge is 2.28. The van der Waals surface area contributed by atoms with Gasteiger partial charge in [-0.15, -0.1) is 0 Å². The number of likely N-dealkylation sites (tertiary alicyclic amines) is 1. The number of anilines is 1. The summed E-state index contributed by atoms with van der Waals surface area (Å²) in [4.78, 5) is 28.5. The first-order chi connectivity index (χ1) is 13.6. The van der Waals surface area contributed by atoms with Crippen LogP contribution in [0.3, 0.4) is 0 Å².